The lowest BCUT2D eigenvalue weighted by molar-refractivity contribution is -0.116. The maximum Gasteiger partial charge on any atom is 0.336 e. The first-order chi connectivity index (χ1) is 13.8. The van der Waals surface area contributed by atoms with E-state index in [1.54, 1.807) is 28.9 Å². The summed E-state index contributed by atoms with van der Waals surface area (Å²) in [6.07, 6.45) is 0.370. The molecule has 0 bridgehead atoms. The summed E-state index contributed by atoms with van der Waals surface area (Å²) in [7, 11) is 0. The summed E-state index contributed by atoms with van der Waals surface area (Å²) in [6, 6.07) is 13.6. The van der Waals surface area contributed by atoms with Gasteiger partial charge in [-0.05, 0) is 56.2 Å². The molecular weight excluding hydrogens is 371 g/mol. The average Bonchev–Trinajstić information content (AvgIpc) is 3.04. The molecule has 3 aromatic rings. The number of halogens is 1. The highest BCUT2D eigenvalue weighted by molar-refractivity contribution is 5.90. The van der Waals surface area contributed by atoms with E-state index in [1.807, 2.05) is 39.8 Å². The third-order valence-electron chi connectivity index (χ3n) is 4.00. The number of hydrogen-bond acceptors (Lipinski definition) is 4. The predicted molar refractivity (Wildman–Crippen MR) is 111 cm³/mol. The molecule has 1 aromatic heterocycles. The van der Waals surface area contributed by atoms with E-state index in [9.17, 15) is 9.18 Å². The largest absolute Gasteiger partial charge is 0.460 e. The fourth-order valence-corrected chi connectivity index (χ4v) is 2.82. The van der Waals surface area contributed by atoms with E-state index < -0.39 is 0 Å². The van der Waals surface area contributed by atoms with Crippen LogP contribution in [0.25, 0.3) is 17.1 Å². The molecule has 0 saturated carbocycles. The second kappa shape index (κ2) is 8.86. The molecule has 6 nitrogen and oxygen atoms in total. The first-order valence-corrected chi connectivity index (χ1v) is 9.61. The zero-order chi connectivity index (χ0) is 21.0. The van der Waals surface area contributed by atoms with Crippen LogP contribution in [0, 0.1) is 11.7 Å². The Hall–Kier alpha value is -3.22. The zero-order valence-corrected chi connectivity index (χ0v) is 17.0. The van der Waals surface area contributed by atoms with Crippen molar-refractivity contribution in [1.82, 2.24) is 14.8 Å². The molecule has 1 N–H and O–H groups in total. The number of benzene rings is 2. The standard InChI is InChI=1S/C22H25FN4O2/c1-14(2)12-20(28)24-18-8-10-19(11-9-18)27-21(16-6-5-7-17(23)13-16)25-22(26-27)29-15(3)4/h5-11,13-15H,12H2,1-4H3,(H,24,28). The van der Waals surface area contributed by atoms with Crippen LogP contribution in [0.1, 0.15) is 34.1 Å². The Morgan fingerprint density at radius 3 is 2.48 bits per heavy atom. The molecule has 0 radical (unpaired) electrons. The van der Waals surface area contributed by atoms with E-state index in [1.165, 1.54) is 12.1 Å². The van der Waals surface area contributed by atoms with Crippen molar-refractivity contribution in [2.24, 2.45) is 5.92 Å². The van der Waals surface area contributed by atoms with Crippen LogP contribution < -0.4 is 10.1 Å². The summed E-state index contributed by atoms with van der Waals surface area (Å²) >= 11 is 0. The number of nitrogens with zero attached hydrogens (tertiary/aromatic N) is 3. The Morgan fingerprint density at radius 1 is 1.14 bits per heavy atom. The molecule has 0 saturated heterocycles. The number of carbonyl (C=O) groups is 1. The smallest absolute Gasteiger partial charge is 0.336 e. The molecule has 0 atom stereocenters. The van der Waals surface area contributed by atoms with Gasteiger partial charge in [0, 0.05) is 17.7 Å². The van der Waals surface area contributed by atoms with Gasteiger partial charge in [-0.1, -0.05) is 26.0 Å². The molecule has 29 heavy (non-hydrogen) atoms. The molecule has 0 spiro atoms. The summed E-state index contributed by atoms with van der Waals surface area (Å²) in [6.45, 7) is 7.77. The fraction of sp³-hybridized carbons (Fsp3) is 0.318. The van der Waals surface area contributed by atoms with Gasteiger partial charge in [0.15, 0.2) is 5.82 Å². The van der Waals surface area contributed by atoms with Gasteiger partial charge in [-0.2, -0.15) is 4.98 Å². The summed E-state index contributed by atoms with van der Waals surface area (Å²) in [5.41, 5.74) is 2.01. The number of hydrogen-bond donors (Lipinski definition) is 1. The second-order valence-corrected chi connectivity index (χ2v) is 7.50. The van der Waals surface area contributed by atoms with Crippen LogP contribution in [0.5, 0.6) is 6.01 Å². The Kier molecular flexibility index (Phi) is 6.26. The Balaban J connectivity index is 1.92. The predicted octanol–water partition coefficient (Wildman–Crippen LogP) is 4.85. The molecule has 1 heterocycles. The summed E-state index contributed by atoms with van der Waals surface area (Å²) in [5, 5.41) is 7.31. The molecule has 0 fully saturated rings. The van der Waals surface area contributed by atoms with E-state index in [2.05, 4.69) is 15.4 Å². The highest BCUT2D eigenvalue weighted by Crippen LogP contribution is 2.25. The van der Waals surface area contributed by atoms with Crippen LogP contribution in [-0.4, -0.2) is 26.8 Å². The third-order valence-corrected chi connectivity index (χ3v) is 4.00. The molecular formula is C22H25FN4O2. The van der Waals surface area contributed by atoms with Crippen molar-refractivity contribution >= 4 is 11.6 Å². The van der Waals surface area contributed by atoms with E-state index in [-0.39, 0.29) is 29.8 Å². The minimum atomic E-state index is -0.355. The molecule has 3 rings (SSSR count). The molecule has 0 aliphatic rings. The quantitative estimate of drug-likeness (QED) is 0.620. The lowest BCUT2D eigenvalue weighted by Gasteiger charge is -2.09. The van der Waals surface area contributed by atoms with Gasteiger partial charge < -0.3 is 10.1 Å². The third kappa shape index (κ3) is 5.40. The van der Waals surface area contributed by atoms with Gasteiger partial charge in [-0.3, -0.25) is 4.79 Å². The van der Waals surface area contributed by atoms with Gasteiger partial charge >= 0.3 is 6.01 Å². The number of aromatic nitrogens is 3. The van der Waals surface area contributed by atoms with E-state index in [0.717, 1.165) is 5.69 Å². The maximum atomic E-state index is 13.7. The lowest BCUT2D eigenvalue weighted by atomic mass is 10.1. The van der Waals surface area contributed by atoms with Crippen molar-refractivity contribution in [3.8, 4) is 23.1 Å². The van der Waals surface area contributed by atoms with Crippen LogP contribution in [0.4, 0.5) is 10.1 Å². The lowest BCUT2D eigenvalue weighted by Crippen LogP contribution is -2.13. The topological polar surface area (TPSA) is 69.0 Å². The van der Waals surface area contributed by atoms with Crippen molar-refractivity contribution in [3.63, 3.8) is 0 Å². The molecule has 152 valence electrons. The summed E-state index contributed by atoms with van der Waals surface area (Å²) in [5.74, 6) is 0.377. The summed E-state index contributed by atoms with van der Waals surface area (Å²) < 4.78 is 21.0. The number of ether oxygens (including phenoxy) is 1. The van der Waals surface area contributed by atoms with E-state index in [4.69, 9.17) is 4.74 Å². The molecule has 0 aliphatic carbocycles. The van der Waals surface area contributed by atoms with Crippen LogP contribution in [0.3, 0.4) is 0 Å². The second-order valence-electron chi connectivity index (χ2n) is 7.50. The van der Waals surface area contributed by atoms with Crippen LogP contribution in [-0.2, 0) is 4.79 Å². The Labute approximate surface area is 169 Å². The number of carbonyl (C=O) groups excluding carboxylic acids is 1. The van der Waals surface area contributed by atoms with Gasteiger partial charge in [-0.15, -0.1) is 5.10 Å². The molecule has 0 unspecified atom stereocenters. The maximum absolute atomic E-state index is 13.7. The first kappa shape index (κ1) is 20.5. The molecule has 0 aliphatic heterocycles. The minimum Gasteiger partial charge on any atom is -0.460 e. The van der Waals surface area contributed by atoms with Crippen molar-refractivity contribution < 1.29 is 13.9 Å². The van der Waals surface area contributed by atoms with Gasteiger partial charge in [0.25, 0.3) is 0 Å². The van der Waals surface area contributed by atoms with Crippen LogP contribution in [0.2, 0.25) is 0 Å². The first-order valence-electron chi connectivity index (χ1n) is 9.61. The number of amides is 1. The SMILES string of the molecule is CC(C)CC(=O)Nc1ccc(-n2nc(OC(C)C)nc2-c2cccc(F)c2)cc1. The zero-order valence-electron chi connectivity index (χ0n) is 17.0. The van der Waals surface area contributed by atoms with Gasteiger partial charge in [0.2, 0.25) is 5.91 Å². The van der Waals surface area contributed by atoms with E-state index in [0.29, 0.717) is 23.5 Å². The fourth-order valence-electron chi connectivity index (χ4n) is 2.82. The molecule has 1 amide bonds. The number of rotatable bonds is 7. The number of anilines is 1. The summed E-state index contributed by atoms with van der Waals surface area (Å²) in [4.78, 5) is 16.4. The van der Waals surface area contributed by atoms with Crippen molar-refractivity contribution in [1.29, 1.82) is 0 Å². The average molecular weight is 396 g/mol. The van der Waals surface area contributed by atoms with Crippen LogP contribution >= 0.6 is 0 Å². The number of nitrogens with one attached hydrogen (secondary N) is 1. The monoisotopic (exact) mass is 396 g/mol. The van der Waals surface area contributed by atoms with Crippen molar-refractivity contribution in [2.75, 3.05) is 5.32 Å². The van der Waals surface area contributed by atoms with Crippen molar-refractivity contribution in [3.05, 3.63) is 54.3 Å². The highest BCUT2D eigenvalue weighted by atomic mass is 19.1. The van der Waals surface area contributed by atoms with Gasteiger partial charge in [0.1, 0.15) is 5.82 Å². The normalized spacial score (nSPS) is 11.1. The van der Waals surface area contributed by atoms with E-state index >= 15 is 0 Å². The minimum absolute atomic E-state index is 0.0263. The van der Waals surface area contributed by atoms with Gasteiger partial charge in [-0.25, -0.2) is 9.07 Å². The Bertz CT molecular complexity index is 981. The molecule has 2 aromatic carbocycles. The molecule has 7 heteroatoms. The Morgan fingerprint density at radius 2 is 1.86 bits per heavy atom. The van der Waals surface area contributed by atoms with Crippen LogP contribution in [0.15, 0.2) is 48.5 Å². The van der Waals surface area contributed by atoms with Gasteiger partial charge in [0.05, 0.1) is 11.8 Å². The highest BCUT2D eigenvalue weighted by Gasteiger charge is 2.16. The van der Waals surface area contributed by atoms with Crippen molar-refractivity contribution in [2.45, 2.75) is 40.2 Å².